The van der Waals surface area contributed by atoms with Gasteiger partial charge in [0.1, 0.15) is 17.2 Å². The fraction of sp³-hybridized carbons (Fsp3) is 0.138. The minimum atomic E-state index is -3.59. The van der Waals surface area contributed by atoms with Crippen LogP contribution in [0.2, 0.25) is 0 Å². The first-order chi connectivity index (χ1) is 17.8. The quantitative estimate of drug-likeness (QED) is 0.245. The van der Waals surface area contributed by atoms with E-state index in [4.69, 9.17) is 13.7 Å². The van der Waals surface area contributed by atoms with Crippen LogP contribution >= 0.6 is 0 Å². The molecule has 5 aromatic rings. The molecule has 2 heterocycles. The van der Waals surface area contributed by atoms with Gasteiger partial charge in [-0.2, -0.15) is 8.42 Å². The van der Waals surface area contributed by atoms with E-state index in [-0.39, 0.29) is 5.75 Å². The molecule has 0 N–H and O–H groups in total. The van der Waals surface area contributed by atoms with Crippen LogP contribution in [0.3, 0.4) is 0 Å². The van der Waals surface area contributed by atoms with E-state index in [2.05, 4.69) is 40.0 Å². The zero-order valence-corrected chi connectivity index (χ0v) is 21.5. The van der Waals surface area contributed by atoms with E-state index < -0.39 is 10.1 Å². The lowest BCUT2D eigenvalue weighted by Gasteiger charge is -2.16. The predicted molar refractivity (Wildman–Crippen MR) is 145 cm³/mol. The van der Waals surface area contributed by atoms with Crippen LogP contribution in [0.5, 0.6) is 17.2 Å². The van der Waals surface area contributed by atoms with Crippen molar-refractivity contribution >= 4 is 21.0 Å². The van der Waals surface area contributed by atoms with Crippen LogP contribution in [0.15, 0.2) is 91.3 Å². The minimum Gasteiger partial charge on any atom is -0.496 e. The van der Waals surface area contributed by atoms with Gasteiger partial charge in [0.05, 0.1) is 32.7 Å². The molecular formula is C29H26N2O5S. The molecular weight excluding hydrogens is 488 g/mol. The van der Waals surface area contributed by atoms with Gasteiger partial charge in [0.15, 0.2) is 0 Å². The molecule has 0 amide bonds. The van der Waals surface area contributed by atoms with Crippen molar-refractivity contribution < 1.29 is 22.1 Å². The number of pyridine rings is 1. The Morgan fingerprint density at radius 1 is 0.811 bits per heavy atom. The topological polar surface area (TPSA) is 79.7 Å². The lowest BCUT2D eigenvalue weighted by Crippen LogP contribution is -2.05. The van der Waals surface area contributed by atoms with E-state index in [9.17, 15) is 8.42 Å². The second-order valence-corrected chi connectivity index (χ2v) is 10.2. The summed E-state index contributed by atoms with van der Waals surface area (Å²) < 4.78 is 41.5. The van der Waals surface area contributed by atoms with Crippen LogP contribution in [-0.2, 0) is 16.7 Å². The van der Waals surface area contributed by atoms with Crippen molar-refractivity contribution in [2.45, 2.75) is 6.54 Å². The van der Waals surface area contributed by atoms with Gasteiger partial charge in [-0.1, -0.05) is 24.3 Å². The Morgan fingerprint density at radius 3 is 2.11 bits per heavy atom. The van der Waals surface area contributed by atoms with Crippen LogP contribution in [0.25, 0.3) is 33.2 Å². The summed E-state index contributed by atoms with van der Waals surface area (Å²) in [6.07, 6.45) is 4.89. The highest BCUT2D eigenvalue weighted by Crippen LogP contribution is 2.41. The summed E-state index contributed by atoms with van der Waals surface area (Å²) in [5, 5.41) is 1.11. The first kappa shape index (κ1) is 24.4. The molecule has 37 heavy (non-hydrogen) atoms. The minimum absolute atomic E-state index is 0.247. The summed E-state index contributed by atoms with van der Waals surface area (Å²) in [7, 11) is -0.333. The zero-order chi connectivity index (χ0) is 26.0. The van der Waals surface area contributed by atoms with Gasteiger partial charge in [-0.3, -0.25) is 4.98 Å². The first-order valence-electron chi connectivity index (χ1n) is 11.6. The van der Waals surface area contributed by atoms with E-state index in [1.165, 1.54) is 0 Å². The van der Waals surface area contributed by atoms with Crippen LogP contribution in [-0.4, -0.2) is 38.4 Å². The number of benzene rings is 3. The van der Waals surface area contributed by atoms with Gasteiger partial charge >= 0.3 is 10.1 Å². The van der Waals surface area contributed by atoms with Gasteiger partial charge < -0.3 is 18.2 Å². The van der Waals surface area contributed by atoms with E-state index in [0.717, 1.165) is 45.1 Å². The molecule has 2 aromatic heterocycles. The number of methoxy groups -OCH3 is 2. The SMILES string of the molecule is COc1cc(-c2ccc3c(ccn3Cc3ccccn3)c2)c(OC)cc1-c1ccc(OS(C)(=O)=O)cc1. The highest BCUT2D eigenvalue weighted by atomic mass is 32.2. The summed E-state index contributed by atoms with van der Waals surface area (Å²) in [5.41, 5.74) is 5.68. The van der Waals surface area contributed by atoms with Crippen LogP contribution < -0.4 is 13.7 Å². The lowest BCUT2D eigenvalue weighted by atomic mass is 9.97. The fourth-order valence-corrected chi connectivity index (χ4v) is 4.85. The van der Waals surface area contributed by atoms with E-state index in [0.29, 0.717) is 18.0 Å². The maximum Gasteiger partial charge on any atom is 0.306 e. The van der Waals surface area contributed by atoms with Crippen LogP contribution in [0.4, 0.5) is 0 Å². The first-order valence-corrected chi connectivity index (χ1v) is 13.4. The molecule has 5 rings (SSSR count). The summed E-state index contributed by atoms with van der Waals surface area (Å²) in [6.45, 7) is 0.698. The molecule has 0 aliphatic carbocycles. The van der Waals surface area contributed by atoms with Crippen molar-refractivity contribution in [2.24, 2.45) is 0 Å². The zero-order valence-electron chi connectivity index (χ0n) is 20.7. The van der Waals surface area contributed by atoms with Crippen molar-refractivity contribution in [3.8, 4) is 39.5 Å². The molecule has 0 radical (unpaired) electrons. The molecule has 188 valence electrons. The second-order valence-electron chi connectivity index (χ2n) is 8.60. The molecule has 0 aliphatic heterocycles. The van der Waals surface area contributed by atoms with Crippen molar-refractivity contribution in [1.29, 1.82) is 0 Å². The molecule has 8 heteroatoms. The standard InChI is InChI=1S/C29H26N2O5S/c1-34-28-18-26(29(35-2)17-25(28)20-7-10-24(11-8-20)36-37(3,32)33)21-9-12-27-22(16-21)13-15-31(27)19-23-6-4-5-14-30-23/h4-18H,19H2,1-3H3. The van der Waals surface area contributed by atoms with E-state index >= 15 is 0 Å². The Hall–Kier alpha value is -4.30. The molecule has 0 unspecified atom stereocenters. The third kappa shape index (κ3) is 5.29. The monoisotopic (exact) mass is 514 g/mol. The van der Waals surface area contributed by atoms with E-state index in [1.807, 2.05) is 30.3 Å². The molecule has 0 fully saturated rings. The van der Waals surface area contributed by atoms with Crippen LogP contribution in [0, 0.1) is 0 Å². The summed E-state index contributed by atoms with van der Waals surface area (Å²) in [4.78, 5) is 4.44. The smallest absolute Gasteiger partial charge is 0.306 e. The predicted octanol–water partition coefficient (Wildman–Crippen LogP) is 5.77. The molecule has 0 saturated heterocycles. The summed E-state index contributed by atoms with van der Waals surface area (Å²) >= 11 is 0. The molecule has 0 spiro atoms. The Kier molecular flexibility index (Phi) is 6.58. The van der Waals surface area contributed by atoms with E-state index in [1.54, 1.807) is 44.7 Å². The van der Waals surface area contributed by atoms with Crippen molar-refractivity contribution in [3.63, 3.8) is 0 Å². The average Bonchev–Trinajstić information content (AvgIpc) is 3.30. The highest BCUT2D eigenvalue weighted by molar-refractivity contribution is 7.86. The highest BCUT2D eigenvalue weighted by Gasteiger charge is 2.16. The normalized spacial score (nSPS) is 11.4. The summed E-state index contributed by atoms with van der Waals surface area (Å²) in [5.74, 6) is 1.61. The molecule has 0 atom stereocenters. The lowest BCUT2D eigenvalue weighted by molar-refractivity contribution is 0.406. The Labute approximate surface area is 216 Å². The van der Waals surface area contributed by atoms with Gasteiger partial charge in [-0.15, -0.1) is 0 Å². The Morgan fingerprint density at radius 2 is 1.49 bits per heavy atom. The van der Waals surface area contributed by atoms with Crippen LogP contribution in [0.1, 0.15) is 5.69 Å². The number of fused-ring (bicyclic) bond motifs is 1. The van der Waals surface area contributed by atoms with Gasteiger partial charge in [0.2, 0.25) is 0 Å². The maximum absolute atomic E-state index is 11.4. The second kappa shape index (κ2) is 9.99. The van der Waals surface area contributed by atoms with Crippen molar-refractivity contribution in [2.75, 3.05) is 20.5 Å². The Balaban J connectivity index is 1.50. The molecule has 7 nitrogen and oxygen atoms in total. The number of hydrogen-bond acceptors (Lipinski definition) is 6. The number of aromatic nitrogens is 2. The fourth-order valence-electron chi connectivity index (χ4n) is 4.39. The Bertz CT molecular complexity index is 1660. The third-order valence-electron chi connectivity index (χ3n) is 6.08. The third-order valence-corrected chi connectivity index (χ3v) is 6.57. The number of rotatable bonds is 8. The van der Waals surface area contributed by atoms with Crippen molar-refractivity contribution in [3.05, 3.63) is 97.0 Å². The molecule has 3 aromatic carbocycles. The molecule has 0 saturated carbocycles. The van der Waals surface area contributed by atoms with Gasteiger partial charge in [-0.25, -0.2) is 0 Å². The largest absolute Gasteiger partial charge is 0.496 e. The van der Waals surface area contributed by atoms with Gasteiger partial charge in [0.25, 0.3) is 0 Å². The average molecular weight is 515 g/mol. The molecule has 0 bridgehead atoms. The van der Waals surface area contributed by atoms with Crippen molar-refractivity contribution in [1.82, 2.24) is 9.55 Å². The molecule has 0 aliphatic rings. The van der Waals surface area contributed by atoms with Gasteiger partial charge in [-0.05, 0) is 65.7 Å². The summed E-state index contributed by atoms with van der Waals surface area (Å²) in [6, 6.07) is 25.0. The number of nitrogens with zero attached hydrogens (tertiary/aromatic N) is 2. The van der Waals surface area contributed by atoms with Gasteiger partial charge in [0, 0.05) is 34.4 Å². The number of ether oxygens (including phenoxy) is 2. The number of hydrogen-bond donors (Lipinski definition) is 0. The maximum atomic E-state index is 11.4.